The molecule has 0 radical (unpaired) electrons. The van der Waals surface area contributed by atoms with E-state index in [2.05, 4.69) is 15.5 Å². The summed E-state index contributed by atoms with van der Waals surface area (Å²) in [5.41, 5.74) is 2.13. The molecular weight excluding hydrogens is 346 g/mol. The van der Waals surface area contributed by atoms with Crippen LogP contribution < -0.4 is 14.8 Å². The number of ether oxygens (including phenoxy) is 2. The van der Waals surface area contributed by atoms with E-state index in [9.17, 15) is 4.79 Å². The van der Waals surface area contributed by atoms with Crippen molar-refractivity contribution in [2.45, 2.75) is 19.9 Å². The van der Waals surface area contributed by atoms with Gasteiger partial charge < -0.3 is 19.3 Å². The molecule has 0 aliphatic rings. The summed E-state index contributed by atoms with van der Waals surface area (Å²) in [4.78, 5) is 16.8. The number of carbonyl (C=O) groups is 1. The van der Waals surface area contributed by atoms with Crippen LogP contribution in [0.5, 0.6) is 11.5 Å². The molecule has 1 unspecified atom stereocenters. The Bertz CT molecular complexity index is 935. The highest BCUT2D eigenvalue weighted by molar-refractivity contribution is 5.94. The Morgan fingerprint density at radius 2 is 1.85 bits per heavy atom. The molecule has 0 aliphatic heterocycles. The van der Waals surface area contributed by atoms with Gasteiger partial charge in [0.05, 0.1) is 20.3 Å². The fourth-order valence-corrected chi connectivity index (χ4v) is 2.71. The first-order chi connectivity index (χ1) is 13.0. The van der Waals surface area contributed by atoms with E-state index in [0.717, 1.165) is 11.1 Å². The molecule has 1 aromatic heterocycles. The van der Waals surface area contributed by atoms with Gasteiger partial charge in [-0.1, -0.05) is 5.16 Å². The zero-order valence-electron chi connectivity index (χ0n) is 15.6. The second-order valence-electron chi connectivity index (χ2n) is 6.03. The SMILES string of the molecule is COc1ccc(OC)c(C(C)NC(=O)c2ccc(-c3nc(C)no3)cc2)c1. The average molecular weight is 367 g/mol. The molecule has 0 saturated heterocycles. The number of methoxy groups -OCH3 is 2. The minimum absolute atomic E-state index is 0.194. The molecule has 140 valence electrons. The number of hydrogen-bond donors (Lipinski definition) is 1. The monoisotopic (exact) mass is 367 g/mol. The topological polar surface area (TPSA) is 86.5 Å². The van der Waals surface area contributed by atoms with Gasteiger partial charge in [-0.15, -0.1) is 0 Å². The Kier molecular flexibility index (Phi) is 5.40. The molecule has 1 amide bonds. The van der Waals surface area contributed by atoms with Gasteiger partial charge in [0, 0.05) is 16.7 Å². The van der Waals surface area contributed by atoms with Gasteiger partial charge in [0.1, 0.15) is 11.5 Å². The predicted octanol–water partition coefficient (Wildman–Crippen LogP) is 3.55. The van der Waals surface area contributed by atoms with E-state index in [1.807, 2.05) is 25.1 Å². The zero-order chi connectivity index (χ0) is 19.4. The van der Waals surface area contributed by atoms with E-state index in [-0.39, 0.29) is 11.9 Å². The van der Waals surface area contributed by atoms with Crippen molar-refractivity contribution in [1.82, 2.24) is 15.5 Å². The van der Waals surface area contributed by atoms with Gasteiger partial charge in [-0.3, -0.25) is 4.79 Å². The number of aromatic nitrogens is 2. The Hall–Kier alpha value is -3.35. The smallest absolute Gasteiger partial charge is 0.257 e. The van der Waals surface area contributed by atoms with Crippen molar-refractivity contribution in [2.75, 3.05) is 14.2 Å². The van der Waals surface area contributed by atoms with Crippen LogP contribution in [0.4, 0.5) is 0 Å². The van der Waals surface area contributed by atoms with E-state index in [4.69, 9.17) is 14.0 Å². The molecule has 0 saturated carbocycles. The molecule has 0 aliphatic carbocycles. The van der Waals surface area contributed by atoms with Gasteiger partial charge in [-0.05, 0) is 56.3 Å². The molecule has 7 nitrogen and oxygen atoms in total. The van der Waals surface area contributed by atoms with Crippen molar-refractivity contribution < 1.29 is 18.8 Å². The van der Waals surface area contributed by atoms with Crippen LogP contribution in [0, 0.1) is 6.92 Å². The number of nitrogens with one attached hydrogen (secondary N) is 1. The molecule has 7 heteroatoms. The van der Waals surface area contributed by atoms with E-state index < -0.39 is 0 Å². The zero-order valence-corrected chi connectivity index (χ0v) is 15.6. The summed E-state index contributed by atoms with van der Waals surface area (Å²) in [5, 5.41) is 6.74. The molecule has 3 aromatic rings. The highest BCUT2D eigenvalue weighted by Gasteiger charge is 2.17. The second-order valence-corrected chi connectivity index (χ2v) is 6.03. The lowest BCUT2D eigenvalue weighted by Gasteiger charge is -2.18. The second kappa shape index (κ2) is 7.90. The molecule has 1 N–H and O–H groups in total. The Morgan fingerprint density at radius 3 is 2.44 bits per heavy atom. The number of carbonyl (C=O) groups excluding carboxylic acids is 1. The Balaban J connectivity index is 1.75. The van der Waals surface area contributed by atoms with Crippen molar-refractivity contribution in [3.63, 3.8) is 0 Å². The summed E-state index contributed by atoms with van der Waals surface area (Å²) in [5.74, 6) is 2.18. The third-order valence-electron chi connectivity index (χ3n) is 4.17. The summed E-state index contributed by atoms with van der Waals surface area (Å²) >= 11 is 0. The minimum Gasteiger partial charge on any atom is -0.497 e. The van der Waals surface area contributed by atoms with E-state index >= 15 is 0 Å². The average Bonchev–Trinajstić information content (AvgIpc) is 3.13. The van der Waals surface area contributed by atoms with Crippen molar-refractivity contribution in [2.24, 2.45) is 0 Å². The first-order valence-electron chi connectivity index (χ1n) is 8.45. The van der Waals surface area contributed by atoms with Gasteiger partial charge in [0.25, 0.3) is 11.8 Å². The molecule has 0 spiro atoms. The van der Waals surface area contributed by atoms with E-state index in [1.165, 1.54) is 0 Å². The molecular formula is C20H21N3O4. The van der Waals surface area contributed by atoms with Crippen LogP contribution in [0.15, 0.2) is 47.0 Å². The number of hydrogen-bond acceptors (Lipinski definition) is 6. The number of amides is 1. The lowest BCUT2D eigenvalue weighted by molar-refractivity contribution is 0.0939. The summed E-state index contributed by atoms with van der Waals surface area (Å²) in [6.07, 6.45) is 0. The molecule has 27 heavy (non-hydrogen) atoms. The summed E-state index contributed by atoms with van der Waals surface area (Å²) in [6.45, 7) is 3.65. The lowest BCUT2D eigenvalue weighted by Crippen LogP contribution is -2.26. The summed E-state index contributed by atoms with van der Waals surface area (Å²) < 4.78 is 15.8. The van der Waals surface area contributed by atoms with Gasteiger partial charge >= 0.3 is 0 Å². The van der Waals surface area contributed by atoms with Crippen molar-refractivity contribution in [1.29, 1.82) is 0 Å². The highest BCUT2D eigenvalue weighted by atomic mass is 16.5. The summed E-state index contributed by atoms with van der Waals surface area (Å²) in [7, 11) is 3.19. The molecule has 0 fully saturated rings. The van der Waals surface area contributed by atoms with Crippen LogP contribution in [-0.2, 0) is 0 Å². The van der Waals surface area contributed by atoms with Crippen LogP contribution in [-0.4, -0.2) is 30.3 Å². The normalized spacial score (nSPS) is 11.7. The molecule has 0 bridgehead atoms. The summed E-state index contributed by atoms with van der Waals surface area (Å²) in [6, 6.07) is 12.2. The molecule has 1 heterocycles. The van der Waals surface area contributed by atoms with Crippen molar-refractivity contribution >= 4 is 5.91 Å². The van der Waals surface area contributed by atoms with E-state index in [0.29, 0.717) is 28.8 Å². The van der Waals surface area contributed by atoms with Crippen LogP contribution in [0.2, 0.25) is 0 Å². The third-order valence-corrected chi connectivity index (χ3v) is 4.17. The van der Waals surface area contributed by atoms with Crippen LogP contribution in [0.1, 0.15) is 34.7 Å². The van der Waals surface area contributed by atoms with Gasteiger partial charge in [-0.25, -0.2) is 0 Å². The van der Waals surface area contributed by atoms with Crippen LogP contribution >= 0.6 is 0 Å². The van der Waals surface area contributed by atoms with Crippen molar-refractivity contribution in [3.8, 4) is 23.0 Å². The van der Waals surface area contributed by atoms with E-state index in [1.54, 1.807) is 45.4 Å². The highest BCUT2D eigenvalue weighted by Crippen LogP contribution is 2.29. The fourth-order valence-electron chi connectivity index (χ4n) is 2.71. The van der Waals surface area contributed by atoms with Crippen LogP contribution in [0.3, 0.4) is 0 Å². The van der Waals surface area contributed by atoms with Crippen molar-refractivity contribution in [3.05, 3.63) is 59.4 Å². The maximum Gasteiger partial charge on any atom is 0.257 e. The third kappa shape index (κ3) is 4.08. The molecule has 1 atom stereocenters. The van der Waals surface area contributed by atoms with Gasteiger partial charge in [0.15, 0.2) is 5.82 Å². The van der Waals surface area contributed by atoms with Crippen LogP contribution in [0.25, 0.3) is 11.5 Å². The largest absolute Gasteiger partial charge is 0.497 e. The van der Waals surface area contributed by atoms with Gasteiger partial charge in [0.2, 0.25) is 0 Å². The number of benzene rings is 2. The standard InChI is InChI=1S/C20H21N3O4/c1-12(17-11-16(25-3)9-10-18(17)26-4)21-19(24)14-5-7-15(8-6-14)20-22-13(2)23-27-20/h5-12H,1-4H3,(H,21,24). The first kappa shape index (κ1) is 18.4. The maximum absolute atomic E-state index is 12.6. The first-order valence-corrected chi connectivity index (χ1v) is 8.45. The number of nitrogens with zero attached hydrogens (tertiary/aromatic N) is 2. The maximum atomic E-state index is 12.6. The molecule has 3 rings (SSSR count). The Morgan fingerprint density at radius 1 is 1.11 bits per heavy atom. The Labute approximate surface area is 157 Å². The predicted molar refractivity (Wildman–Crippen MR) is 99.9 cm³/mol. The quantitative estimate of drug-likeness (QED) is 0.717. The lowest BCUT2D eigenvalue weighted by atomic mass is 10.1. The fraction of sp³-hybridized carbons (Fsp3) is 0.250. The minimum atomic E-state index is -0.263. The van der Waals surface area contributed by atoms with Gasteiger partial charge in [-0.2, -0.15) is 4.98 Å². The number of aryl methyl sites for hydroxylation is 1. The number of rotatable bonds is 6. The molecule has 2 aromatic carbocycles.